The lowest BCUT2D eigenvalue weighted by Crippen LogP contribution is -2.14. The zero-order valence-corrected chi connectivity index (χ0v) is 13.3. The van der Waals surface area contributed by atoms with E-state index in [1.54, 1.807) is 0 Å². The summed E-state index contributed by atoms with van der Waals surface area (Å²) in [6.45, 7) is 6.77. The third-order valence-corrected chi connectivity index (χ3v) is 2.94. The van der Waals surface area contributed by atoms with Crippen molar-refractivity contribution in [1.29, 1.82) is 0 Å². The molecule has 0 radical (unpaired) electrons. The van der Waals surface area contributed by atoms with Gasteiger partial charge in [-0.05, 0) is 37.8 Å². The summed E-state index contributed by atoms with van der Waals surface area (Å²) < 4.78 is 11.0. The van der Waals surface area contributed by atoms with Gasteiger partial charge in [-0.1, -0.05) is 33.1 Å². The number of aromatic nitrogens is 3. The second-order valence-electron chi connectivity index (χ2n) is 4.80. The summed E-state index contributed by atoms with van der Waals surface area (Å²) in [6, 6.07) is 0.458. The summed E-state index contributed by atoms with van der Waals surface area (Å²) in [5.74, 6) is 0. The Kier molecular flexibility index (Phi) is 8.26. The number of halogens is 1. The molecule has 6 heteroatoms. The Balaban J connectivity index is 2.47. The highest BCUT2D eigenvalue weighted by molar-refractivity contribution is 6.28. The Morgan fingerprint density at radius 1 is 1.00 bits per heavy atom. The minimum Gasteiger partial charge on any atom is -0.463 e. The monoisotopic (exact) mass is 301 g/mol. The fourth-order valence-corrected chi connectivity index (χ4v) is 1.87. The SMILES string of the molecule is CCCCCCC(C)Oc1nc(Cl)nc(OCCC)n1. The first-order valence-electron chi connectivity index (χ1n) is 7.36. The first kappa shape index (κ1) is 17.0. The van der Waals surface area contributed by atoms with Gasteiger partial charge in [-0.2, -0.15) is 9.97 Å². The van der Waals surface area contributed by atoms with Crippen molar-refractivity contribution in [2.24, 2.45) is 0 Å². The molecule has 1 aromatic heterocycles. The van der Waals surface area contributed by atoms with Gasteiger partial charge in [-0.25, -0.2) is 0 Å². The summed E-state index contributed by atoms with van der Waals surface area (Å²) in [5.41, 5.74) is 0. The molecule has 1 heterocycles. The zero-order valence-electron chi connectivity index (χ0n) is 12.6. The highest BCUT2D eigenvalue weighted by Gasteiger charge is 2.10. The van der Waals surface area contributed by atoms with E-state index < -0.39 is 0 Å². The Morgan fingerprint density at radius 2 is 1.75 bits per heavy atom. The van der Waals surface area contributed by atoms with Crippen molar-refractivity contribution >= 4 is 11.6 Å². The lowest BCUT2D eigenvalue weighted by molar-refractivity contribution is 0.183. The molecule has 0 aliphatic heterocycles. The van der Waals surface area contributed by atoms with Crippen molar-refractivity contribution in [3.05, 3.63) is 5.28 Å². The molecule has 1 atom stereocenters. The van der Waals surface area contributed by atoms with Crippen molar-refractivity contribution in [2.45, 2.75) is 65.4 Å². The maximum Gasteiger partial charge on any atom is 0.324 e. The van der Waals surface area contributed by atoms with Gasteiger partial charge >= 0.3 is 12.0 Å². The molecular weight excluding hydrogens is 278 g/mol. The van der Waals surface area contributed by atoms with Gasteiger partial charge in [0.05, 0.1) is 12.7 Å². The largest absolute Gasteiger partial charge is 0.463 e. The summed E-state index contributed by atoms with van der Waals surface area (Å²) in [7, 11) is 0. The maximum absolute atomic E-state index is 5.84. The number of nitrogens with zero attached hydrogens (tertiary/aromatic N) is 3. The predicted molar refractivity (Wildman–Crippen MR) is 79.5 cm³/mol. The molecular formula is C14H24ClN3O2. The second-order valence-corrected chi connectivity index (χ2v) is 5.13. The first-order chi connectivity index (χ1) is 9.65. The quantitative estimate of drug-likeness (QED) is 0.610. The van der Waals surface area contributed by atoms with E-state index in [0.717, 1.165) is 19.3 Å². The first-order valence-corrected chi connectivity index (χ1v) is 7.74. The molecule has 0 bridgehead atoms. The third kappa shape index (κ3) is 6.89. The molecule has 20 heavy (non-hydrogen) atoms. The van der Waals surface area contributed by atoms with Crippen molar-refractivity contribution in [2.75, 3.05) is 6.61 Å². The minimum absolute atomic E-state index is 0.0596. The molecule has 0 saturated carbocycles. The van der Waals surface area contributed by atoms with Crippen LogP contribution in [0.15, 0.2) is 0 Å². The molecule has 0 amide bonds. The number of hydrogen-bond donors (Lipinski definition) is 0. The molecule has 1 unspecified atom stereocenters. The van der Waals surface area contributed by atoms with Gasteiger partial charge in [-0.15, -0.1) is 4.98 Å². The molecule has 0 N–H and O–H groups in total. The van der Waals surface area contributed by atoms with Gasteiger partial charge in [0.25, 0.3) is 0 Å². The van der Waals surface area contributed by atoms with Gasteiger partial charge in [0.15, 0.2) is 0 Å². The molecule has 114 valence electrons. The number of ether oxygens (including phenoxy) is 2. The summed E-state index contributed by atoms with van der Waals surface area (Å²) in [5, 5.41) is 0.0966. The van der Waals surface area contributed by atoms with Crippen LogP contribution in [0.1, 0.15) is 59.3 Å². The van der Waals surface area contributed by atoms with Crippen LogP contribution in [-0.4, -0.2) is 27.7 Å². The van der Waals surface area contributed by atoms with Crippen LogP contribution < -0.4 is 9.47 Å². The Hall–Kier alpha value is -1.10. The third-order valence-electron chi connectivity index (χ3n) is 2.77. The van der Waals surface area contributed by atoms with E-state index >= 15 is 0 Å². The molecule has 0 aromatic carbocycles. The van der Waals surface area contributed by atoms with E-state index in [2.05, 4.69) is 21.9 Å². The van der Waals surface area contributed by atoms with Gasteiger partial charge in [0.2, 0.25) is 5.28 Å². The molecule has 1 aromatic rings. The van der Waals surface area contributed by atoms with Gasteiger partial charge < -0.3 is 9.47 Å². The fraction of sp³-hybridized carbons (Fsp3) is 0.786. The van der Waals surface area contributed by atoms with Crippen LogP contribution in [0.3, 0.4) is 0 Å². The summed E-state index contributed by atoms with van der Waals surface area (Å²) in [6.07, 6.45) is 6.79. The van der Waals surface area contributed by atoms with Crippen molar-refractivity contribution in [3.8, 4) is 12.0 Å². The molecule has 0 aliphatic carbocycles. The topological polar surface area (TPSA) is 57.1 Å². The zero-order chi connectivity index (χ0) is 14.8. The van der Waals surface area contributed by atoms with Crippen LogP contribution in [0.4, 0.5) is 0 Å². The van der Waals surface area contributed by atoms with Gasteiger partial charge in [0.1, 0.15) is 0 Å². The van der Waals surface area contributed by atoms with Crippen LogP contribution in [0, 0.1) is 0 Å². The van der Waals surface area contributed by atoms with E-state index in [-0.39, 0.29) is 23.4 Å². The Bertz CT molecular complexity index is 391. The average molecular weight is 302 g/mol. The normalized spacial score (nSPS) is 12.2. The second kappa shape index (κ2) is 9.75. The molecule has 1 rings (SSSR count). The van der Waals surface area contributed by atoms with Crippen LogP contribution in [0.2, 0.25) is 5.28 Å². The van der Waals surface area contributed by atoms with E-state index in [4.69, 9.17) is 21.1 Å². The Morgan fingerprint density at radius 3 is 2.45 bits per heavy atom. The van der Waals surface area contributed by atoms with Crippen LogP contribution >= 0.6 is 11.6 Å². The number of hydrogen-bond acceptors (Lipinski definition) is 5. The van der Waals surface area contributed by atoms with Crippen molar-refractivity contribution in [1.82, 2.24) is 15.0 Å². The molecule has 0 saturated heterocycles. The predicted octanol–water partition coefficient (Wildman–Crippen LogP) is 4.05. The number of unbranched alkanes of at least 4 members (excludes halogenated alkanes) is 3. The number of rotatable bonds is 10. The average Bonchev–Trinajstić information content (AvgIpc) is 2.41. The van der Waals surface area contributed by atoms with E-state index in [1.165, 1.54) is 19.3 Å². The lowest BCUT2D eigenvalue weighted by Gasteiger charge is -2.13. The lowest BCUT2D eigenvalue weighted by atomic mass is 10.1. The summed E-state index contributed by atoms with van der Waals surface area (Å²) >= 11 is 5.84. The Labute approximate surface area is 126 Å². The fourth-order valence-electron chi connectivity index (χ4n) is 1.72. The smallest absolute Gasteiger partial charge is 0.324 e. The van der Waals surface area contributed by atoms with Crippen LogP contribution in [-0.2, 0) is 0 Å². The van der Waals surface area contributed by atoms with Crippen molar-refractivity contribution in [3.63, 3.8) is 0 Å². The standard InChI is InChI=1S/C14H24ClN3O2/c1-4-6-7-8-9-11(3)20-14-17-12(15)16-13(18-14)19-10-5-2/h11H,4-10H2,1-3H3. The summed E-state index contributed by atoms with van der Waals surface area (Å²) in [4.78, 5) is 12.0. The van der Waals surface area contributed by atoms with Crippen LogP contribution in [0.25, 0.3) is 0 Å². The van der Waals surface area contributed by atoms with Crippen molar-refractivity contribution < 1.29 is 9.47 Å². The maximum atomic E-state index is 5.84. The highest BCUT2D eigenvalue weighted by Crippen LogP contribution is 2.16. The van der Waals surface area contributed by atoms with E-state index in [9.17, 15) is 0 Å². The van der Waals surface area contributed by atoms with Gasteiger partial charge in [0, 0.05) is 0 Å². The van der Waals surface area contributed by atoms with E-state index in [0.29, 0.717) is 6.61 Å². The molecule has 0 aliphatic rings. The molecule has 5 nitrogen and oxygen atoms in total. The van der Waals surface area contributed by atoms with Gasteiger partial charge in [-0.3, -0.25) is 0 Å². The molecule has 0 spiro atoms. The minimum atomic E-state index is 0.0596. The van der Waals surface area contributed by atoms with E-state index in [1.807, 2.05) is 13.8 Å². The molecule has 0 fully saturated rings. The highest BCUT2D eigenvalue weighted by atomic mass is 35.5. The van der Waals surface area contributed by atoms with Crippen LogP contribution in [0.5, 0.6) is 12.0 Å².